The van der Waals surface area contributed by atoms with E-state index in [2.05, 4.69) is 9.72 Å². The molecule has 0 atom stereocenters. The number of alkyl halides is 3. The molecule has 0 aromatic carbocycles. The number of nitrogen functional groups attached to an aromatic ring is 1. The molecular weight excluding hydrogens is 209 g/mol. The normalized spacial score (nSPS) is 11.4. The van der Waals surface area contributed by atoms with Gasteiger partial charge in [-0.25, -0.2) is 4.98 Å². The van der Waals surface area contributed by atoms with E-state index in [1.807, 2.05) is 0 Å². The molecule has 0 radical (unpaired) electrons. The molecule has 0 aliphatic heterocycles. The summed E-state index contributed by atoms with van der Waals surface area (Å²) in [6.07, 6.45) is -3.71. The number of aromatic nitrogens is 1. The molecule has 0 amide bonds. The Hall–Kier alpha value is -1.17. The van der Waals surface area contributed by atoms with Crippen LogP contribution in [-0.4, -0.2) is 11.3 Å². The summed E-state index contributed by atoms with van der Waals surface area (Å²) in [6.45, 7) is 0. The summed E-state index contributed by atoms with van der Waals surface area (Å²) in [4.78, 5) is 3.46. The van der Waals surface area contributed by atoms with Crippen LogP contribution in [-0.2, 0) is 0 Å². The molecule has 0 aliphatic rings. The lowest BCUT2D eigenvalue weighted by atomic mass is 10.4. The zero-order valence-corrected chi connectivity index (χ0v) is 6.86. The average molecular weight is 213 g/mol. The largest absolute Gasteiger partial charge is 0.573 e. The van der Waals surface area contributed by atoms with Gasteiger partial charge in [-0.3, -0.25) is 0 Å². The van der Waals surface area contributed by atoms with Gasteiger partial charge in [-0.05, 0) is 0 Å². The van der Waals surface area contributed by atoms with Gasteiger partial charge in [0.05, 0.1) is 0 Å². The quantitative estimate of drug-likeness (QED) is 0.726. The minimum atomic E-state index is -4.78. The monoisotopic (exact) mass is 212 g/mol. The first-order chi connectivity index (χ1) is 5.90. The van der Waals surface area contributed by atoms with Gasteiger partial charge in [-0.1, -0.05) is 11.6 Å². The van der Waals surface area contributed by atoms with Crippen LogP contribution in [0.4, 0.5) is 18.9 Å². The first-order valence-corrected chi connectivity index (χ1v) is 3.43. The van der Waals surface area contributed by atoms with Crippen molar-refractivity contribution in [1.82, 2.24) is 4.98 Å². The highest BCUT2D eigenvalue weighted by Gasteiger charge is 2.32. The van der Waals surface area contributed by atoms with E-state index in [1.54, 1.807) is 0 Å². The maximum atomic E-state index is 11.7. The minimum absolute atomic E-state index is 0.221. The van der Waals surface area contributed by atoms with Gasteiger partial charge >= 0.3 is 6.36 Å². The Morgan fingerprint density at radius 3 is 2.62 bits per heavy atom. The molecule has 72 valence electrons. The lowest BCUT2D eigenvalue weighted by molar-refractivity contribution is -0.274. The number of halogens is 4. The summed E-state index contributed by atoms with van der Waals surface area (Å²) >= 11 is 5.36. The van der Waals surface area contributed by atoms with Crippen molar-refractivity contribution in [2.24, 2.45) is 0 Å². The van der Waals surface area contributed by atoms with Crippen LogP contribution in [0.25, 0.3) is 0 Å². The molecule has 0 aliphatic carbocycles. The van der Waals surface area contributed by atoms with Crippen molar-refractivity contribution in [3.63, 3.8) is 0 Å². The van der Waals surface area contributed by atoms with Crippen LogP contribution in [0.1, 0.15) is 0 Å². The van der Waals surface area contributed by atoms with Crippen LogP contribution in [0.3, 0.4) is 0 Å². The first kappa shape index (κ1) is 9.91. The Balaban J connectivity index is 2.96. The molecular formula is C6H4ClF3N2O. The van der Waals surface area contributed by atoms with Gasteiger partial charge in [0.1, 0.15) is 5.69 Å². The van der Waals surface area contributed by atoms with Crippen molar-refractivity contribution >= 4 is 17.3 Å². The number of hydrogen-bond donors (Lipinski definition) is 1. The Labute approximate surface area is 76.3 Å². The second-order valence-electron chi connectivity index (χ2n) is 2.06. The Morgan fingerprint density at radius 1 is 1.46 bits per heavy atom. The van der Waals surface area contributed by atoms with Crippen LogP contribution < -0.4 is 10.5 Å². The van der Waals surface area contributed by atoms with Crippen molar-refractivity contribution in [2.45, 2.75) is 6.36 Å². The van der Waals surface area contributed by atoms with Gasteiger partial charge in [0.25, 0.3) is 0 Å². The highest BCUT2D eigenvalue weighted by atomic mass is 35.5. The molecule has 7 heteroatoms. The van der Waals surface area contributed by atoms with E-state index in [0.717, 1.165) is 12.3 Å². The standard InChI is InChI=1S/C6H4ClF3N2O/c7-5-4(11)3(1-2-12-5)13-6(8,9)10/h1-2H,11H2. The number of hydrogen-bond acceptors (Lipinski definition) is 3. The topological polar surface area (TPSA) is 48.1 Å². The van der Waals surface area contributed by atoms with Gasteiger partial charge in [0.15, 0.2) is 10.9 Å². The van der Waals surface area contributed by atoms with Crippen molar-refractivity contribution < 1.29 is 17.9 Å². The zero-order chi connectivity index (χ0) is 10.1. The number of nitrogens with zero attached hydrogens (tertiary/aromatic N) is 1. The molecule has 1 heterocycles. The van der Waals surface area contributed by atoms with Crippen LogP contribution in [0, 0.1) is 0 Å². The van der Waals surface area contributed by atoms with Crippen LogP contribution in [0.2, 0.25) is 5.15 Å². The smallest absolute Gasteiger partial charge is 0.403 e. The van der Waals surface area contributed by atoms with E-state index in [9.17, 15) is 13.2 Å². The Kier molecular flexibility index (Phi) is 2.51. The average Bonchev–Trinajstić information content (AvgIpc) is 1.96. The summed E-state index contributed by atoms with van der Waals surface area (Å²) in [6, 6.07) is 0.981. The van der Waals surface area contributed by atoms with Gasteiger partial charge in [-0.15, -0.1) is 13.2 Å². The molecule has 1 rings (SSSR count). The van der Waals surface area contributed by atoms with Gasteiger partial charge in [0, 0.05) is 12.3 Å². The fourth-order valence-electron chi connectivity index (χ4n) is 0.645. The molecule has 0 saturated heterocycles. The fraction of sp³-hybridized carbons (Fsp3) is 0.167. The molecule has 1 aromatic heterocycles. The van der Waals surface area contributed by atoms with Crippen molar-refractivity contribution in [3.05, 3.63) is 17.4 Å². The summed E-state index contributed by atoms with van der Waals surface area (Å²) in [5, 5.41) is -0.221. The fourth-order valence-corrected chi connectivity index (χ4v) is 0.795. The molecule has 0 spiro atoms. The van der Waals surface area contributed by atoms with E-state index >= 15 is 0 Å². The van der Waals surface area contributed by atoms with E-state index in [-0.39, 0.29) is 10.8 Å². The summed E-state index contributed by atoms with van der Waals surface area (Å²) < 4.78 is 38.7. The lowest BCUT2D eigenvalue weighted by Crippen LogP contribution is -2.18. The molecule has 1 aromatic rings. The second-order valence-corrected chi connectivity index (χ2v) is 2.42. The SMILES string of the molecule is Nc1c(OC(F)(F)F)ccnc1Cl. The van der Waals surface area contributed by atoms with E-state index in [4.69, 9.17) is 17.3 Å². The predicted octanol–water partition coefficient (Wildman–Crippen LogP) is 2.22. The summed E-state index contributed by atoms with van der Waals surface area (Å²) in [5.41, 5.74) is 4.84. The maximum Gasteiger partial charge on any atom is 0.573 e. The van der Waals surface area contributed by atoms with Crippen molar-refractivity contribution in [1.29, 1.82) is 0 Å². The van der Waals surface area contributed by atoms with Crippen LogP contribution >= 0.6 is 11.6 Å². The van der Waals surface area contributed by atoms with Gasteiger partial charge < -0.3 is 10.5 Å². The number of nitrogens with two attached hydrogens (primary N) is 1. The molecule has 0 fully saturated rings. The van der Waals surface area contributed by atoms with Crippen molar-refractivity contribution in [3.8, 4) is 5.75 Å². The maximum absolute atomic E-state index is 11.7. The van der Waals surface area contributed by atoms with Crippen LogP contribution in [0.5, 0.6) is 5.75 Å². The third-order valence-corrected chi connectivity index (χ3v) is 1.43. The van der Waals surface area contributed by atoms with Crippen LogP contribution in [0.15, 0.2) is 12.3 Å². The molecule has 0 unspecified atom stereocenters. The summed E-state index contributed by atoms with van der Waals surface area (Å²) in [7, 11) is 0. The molecule has 2 N–H and O–H groups in total. The van der Waals surface area contributed by atoms with Gasteiger partial charge in [0.2, 0.25) is 0 Å². The molecule has 13 heavy (non-hydrogen) atoms. The first-order valence-electron chi connectivity index (χ1n) is 3.06. The molecule has 0 saturated carbocycles. The Bertz CT molecular complexity index is 315. The molecule has 0 bridgehead atoms. The van der Waals surface area contributed by atoms with E-state index < -0.39 is 12.1 Å². The minimum Gasteiger partial charge on any atom is -0.403 e. The lowest BCUT2D eigenvalue weighted by Gasteiger charge is -2.10. The second kappa shape index (κ2) is 3.29. The predicted molar refractivity (Wildman–Crippen MR) is 40.3 cm³/mol. The molecule has 3 nitrogen and oxygen atoms in total. The summed E-state index contributed by atoms with van der Waals surface area (Å²) in [5.74, 6) is -0.549. The van der Waals surface area contributed by atoms with E-state index in [1.165, 1.54) is 0 Å². The number of anilines is 1. The Morgan fingerprint density at radius 2 is 2.08 bits per heavy atom. The number of rotatable bonds is 1. The zero-order valence-electron chi connectivity index (χ0n) is 6.10. The third kappa shape index (κ3) is 2.66. The van der Waals surface area contributed by atoms with Crippen molar-refractivity contribution in [2.75, 3.05) is 5.73 Å². The number of pyridine rings is 1. The van der Waals surface area contributed by atoms with E-state index in [0.29, 0.717) is 0 Å². The number of ether oxygens (including phenoxy) is 1. The highest BCUT2D eigenvalue weighted by molar-refractivity contribution is 6.32. The highest BCUT2D eigenvalue weighted by Crippen LogP contribution is 2.31. The van der Waals surface area contributed by atoms with Gasteiger partial charge in [-0.2, -0.15) is 0 Å². The third-order valence-electron chi connectivity index (χ3n) is 1.13.